The van der Waals surface area contributed by atoms with Crippen molar-refractivity contribution in [3.05, 3.63) is 48.6 Å². The number of carbonyl (C=O) groups is 2. The maximum Gasteiger partial charge on any atom is 0.321 e. The molecule has 4 atom stereocenters. The van der Waals surface area contributed by atoms with Crippen molar-refractivity contribution in [2.75, 3.05) is 5.75 Å². The number of aliphatic carboxylic acids is 2. The first kappa shape index (κ1) is 29.1. The van der Waals surface area contributed by atoms with Crippen LogP contribution >= 0.6 is 11.8 Å². The highest BCUT2D eigenvalue weighted by Gasteiger charge is 2.20. The molecule has 7 nitrogen and oxygen atoms in total. The van der Waals surface area contributed by atoms with Crippen LogP contribution < -0.4 is 5.73 Å². The number of aliphatic hydroxyl groups excluding tert-OH is 2. The summed E-state index contributed by atoms with van der Waals surface area (Å²) in [5.41, 5.74) is 5.53. The number of carboxylic acid groups (broad SMARTS) is 2. The largest absolute Gasteiger partial charge is 0.481 e. The Morgan fingerprint density at radius 1 is 0.903 bits per heavy atom. The van der Waals surface area contributed by atoms with Gasteiger partial charge in [-0.15, -0.1) is 11.8 Å². The van der Waals surface area contributed by atoms with Crippen LogP contribution in [0, 0.1) is 0 Å². The fourth-order valence-corrected chi connectivity index (χ4v) is 3.66. The van der Waals surface area contributed by atoms with Crippen LogP contribution in [0.1, 0.15) is 51.9 Å². The normalized spacial score (nSPS) is 16.4. The molecule has 0 aromatic rings. The van der Waals surface area contributed by atoms with E-state index in [1.165, 1.54) is 11.8 Å². The Hall–Kier alpha value is -1.87. The molecule has 0 saturated carbocycles. The molecule has 0 spiro atoms. The molecule has 0 bridgehead atoms. The molecule has 6 N–H and O–H groups in total. The number of unbranched alkanes of at least 4 members (excludes halogenated alkanes) is 2. The van der Waals surface area contributed by atoms with E-state index in [1.54, 1.807) is 36.5 Å². The Bertz CT molecular complexity index is 617. The number of rotatable bonds is 18. The molecule has 0 heterocycles. The molecular formula is C23H37NO6S. The lowest BCUT2D eigenvalue weighted by atomic mass is 10.1. The van der Waals surface area contributed by atoms with Crippen molar-refractivity contribution in [3.8, 4) is 0 Å². The molecule has 0 aromatic carbocycles. The van der Waals surface area contributed by atoms with Gasteiger partial charge >= 0.3 is 11.9 Å². The van der Waals surface area contributed by atoms with Crippen molar-refractivity contribution in [2.24, 2.45) is 5.73 Å². The molecule has 0 aliphatic heterocycles. The van der Waals surface area contributed by atoms with E-state index in [9.17, 15) is 19.8 Å². The highest BCUT2D eigenvalue weighted by molar-refractivity contribution is 8.00. The Labute approximate surface area is 189 Å². The van der Waals surface area contributed by atoms with E-state index in [1.807, 2.05) is 12.2 Å². The molecular weight excluding hydrogens is 418 g/mol. The van der Waals surface area contributed by atoms with Crippen LogP contribution in [-0.4, -0.2) is 61.6 Å². The highest BCUT2D eigenvalue weighted by atomic mass is 32.2. The van der Waals surface area contributed by atoms with Crippen molar-refractivity contribution in [1.29, 1.82) is 0 Å². The molecule has 0 radical (unpaired) electrons. The number of hydrogen-bond donors (Lipinski definition) is 5. The monoisotopic (exact) mass is 455 g/mol. The highest BCUT2D eigenvalue weighted by Crippen LogP contribution is 2.21. The van der Waals surface area contributed by atoms with E-state index in [4.69, 9.17) is 15.9 Å². The van der Waals surface area contributed by atoms with Gasteiger partial charge in [-0.05, 0) is 19.3 Å². The molecule has 0 aromatic heterocycles. The number of allylic oxidation sites excluding steroid dienone is 6. The Balaban J connectivity index is 4.63. The molecule has 0 saturated heterocycles. The smallest absolute Gasteiger partial charge is 0.321 e. The van der Waals surface area contributed by atoms with Crippen molar-refractivity contribution >= 4 is 23.7 Å². The Morgan fingerprint density at radius 3 is 2.10 bits per heavy atom. The molecule has 176 valence electrons. The summed E-state index contributed by atoms with van der Waals surface area (Å²) in [6, 6.07) is -1.03. The zero-order valence-corrected chi connectivity index (χ0v) is 19.0. The summed E-state index contributed by atoms with van der Waals surface area (Å²) < 4.78 is 0. The van der Waals surface area contributed by atoms with Gasteiger partial charge in [0.25, 0.3) is 0 Å². The van der Waals surface area contributed by atoms with Gasteiger partial charge in [0.1, 0.15) is 6.04 Å². The van der Waals surface area contributed by atoms with Gasteiger partial charge in [-0.1, -0.05) is 74.8 Å². The number of aliphatic hydroxyl groups is 2. The minimum Gasteiger partial charge on any atom is -0.481 e. The van der Waals surface area contributed by atoms with E-state index in [0.717, 1.165) is 25.7 Å². The fraction of sp³-hybridized carbons (Fsp3) is 0.565. The standard InChI is InChI=1S/C23H37NO6S/c1-2-3-8-12-18(25)13-9-6-4-5-7-10-15-21(31-17-19(24)23(29)30)20(26)14-11-16-22(27)28/h4-7,9-10,13,15,18-21,25-26H,2-3,8,11-12,14,16-17,24H2,1H3,(H,27,28)(H,29,30)/b6-4-,7-5+,13-9+,15-10+/t18-,19+,20-,21+/m0/s1. The first-order valence-corrected chi connectivity index (χ1v) is 11.7. The number of carboxylic acids is 2. The average Bonchev–Trinajstić information content (AvgIpc) is 2.71. The SMILES string of the molecule is CCCCC[C@H](O)/C=C/C=C\C=C\C=C\[C@@H](SC[C@@H](N)C(=O)O)[C@@H](O)CCCC(=O)O. The van der Waals surface area contributed by atoms with E-state index in [-0.39, 0.29) is 12.2 Å². The lowest BCUT2D eigenvalue weighted by Gasteiger charge is -2.20. The van der Waals surface area contributed by atoms with Gasteiger partial charge in [0, 0.05) is 17.4 Å². The summed E-state index contributed by atoms with van der Waals surface area (Å²) in [7, 11) is 0. The summed E-state index contributed by atoms with van der Waals surface area (Å²) in [5, 5.41) is 37.4. The van der Waals surface area contributed by atoms with Crippen molar-refractivity contribution in [1.82, 2.24) is 0 Å². The lowest BCUT2D eigenvalue weighted by molar-refractivity contribution is -0.138. The zero-order valence-electron chi connectivity index (χ0n) is 18.2. The van der Waals surface area contributed by atoms with Gasteiger partial charge < -0.3 is 26.2 Å². The lowest BCUT2D eigenvalue weighted by Crippen LogP contribution is -2.34. The molecule has 0 unspecified atom stereocenters. The molecule has 0 fully saturated rings. The minimum absolute atomic E-state index is 0.0294. The topological polar surface area (TPSA) is 141 Å². The van der Waals surface area contributed by atoms with Gasteiger partial charge in [-0.2, -0.15) is 0 Å². The van der Waals surface area contributed by atoms with Crippen LogP contribution in [-0.2, 0) is 9.59 Å². The van der Waals surface area contributed by atoms with E-state index in [0.29, 0.717) is 12.8 Å². The number of thioether (sulfide) groups is 1. The number of nitrogens with two attached hydrogens (primary N) is 1. The first-order valence-electron chi connectivity index (χ1n) is 10.6. The van der Waals surface area contributed by atoms with Crippen LogP contribution in [0.3, 0.4) is 0 Å². The summed E-state index contributed by atoms with van der Waals surface area (Å²) in [6.07, 6.45) is 17.6. The molecule has 31 heavy (non-hydrogen) atoms. The average molecular weight is 456 g/mol. The second kappa shape index (κ2) is 18.9. The van der Waals surface area contributed by atoms with Crippen molar-refractivity contribution < 1.29 is 30.0 Å². The summed E-state index contributed by atoms with van der Waals surface area (Å²) in [5.74, 6) is -1.89. The second-order valence-corrected chi connectivity index (χ2v) is 8.41. The maximum absolute atomic E-state index is 10.9. The van der Waals surface area contributed by atoms with E-state index < -0.39 is 35.4 Å². The summed E-state index contributed by atoms with van der Waals surface area (Å²) in [4.78, 5) is 21.5. The Kier molecular flexibility index (Phi) is 17.7. The third-order valence-corrected chi connectivity index (χ3v) is 5.76. The quantitative estimate of drug-likeness (QED) is 0.157. The molecule has 0 rings (SSSR count). The number of hydrogen-bond acceptors (Lipinski definition) is 6. The van der Waals surface area contributed by atoms with Crippen LogP contribution in [0.5, 0.6) is 0 Å². The second-order valence-electron chi connectivity index (χ2n) is 7.20. The van der Waals surface area contributed by atoms with Crippen LogP contribution in [0.4, 0.5) is 0 Å². The van der Waals surface area contributed by atoms with Crippen LogP contribution in [0.15, 0.2) is 48.6 Å². The van der Waals surface area contributed by atoms with Crippen LogP contribution in [0.25, 0.3) is 0 Å². The molecule has 8 heteroatoms. The third-order valence-electron chi connectivity index (χ3n) is 4.35. The molecule has 0 aliphatic rings. The molecule has 0 amide bonds. The van der Waals surface area contributed by atoms with Gasteiger partial charge in [-0.25, -0.2) is 0 Å². The molecule has 0 aliphatic carbocycles. The van der Waals surface area contributed by atoms with E-state index >= 15 is 0 Å². The zero-order chi connectivity index (χ0) is 23.5. The maximum atomic E-state index is 10.9. The van der Waals surface area contributed by atoms with Gasteiger partial charge in [0.2, 0.25) is 0 Å². The third kappa shape index (κ3) is 17.5. The minimum atomic E-state index is -1.11. The summed E-state index contributed by atoms with van der Waals surface area (Å²) in [6.45, 7) is 2.12. The van der Waals surface area contributed by atoms with Gasteiger partial charge in [0.05, 0.1) is 12.2 Å². The van der Waals surface area contributed by atoms with Crippen molar-refractivity contribution in [2.45, 2.75) is 75.4 Å². The first-order chi connectivity index (χ1) is 14.8. The van der Waals surface area contributed by atoms with Gasteiger partial charge in [0.15, 0.2) is 0 Å². The van der Waals surface area contributed by atoms with E-state index in [2.05, 4.69) is 6.92 Å². The summed E-state index contributed by atoms with van der Waals surface area (Å²) >= 11 is 1.23. The predicted octanol–water partition coefficient (Wildman–Crippen LogP) is 3.28. The Morgan fingerprint density at radius 2 is 1.52 bits per heavy atom. The van der Waals surface area contributed by atoms with Crippen LogP contribution in [0.2, 0.25) is 0 Å². The fourth-order valence-electron chi connectivity index (χ4n) is 2.53. The van der Waals surface area contributed by atoms with Crippen molar-refractivity contribution in [3.63, 3.8) is 0 Å². The predicted molar refractivity (Wildman–Crippen MR) is 126 cm³/mol. The van der Waals surface area contributed by atoms with Gasteiger partial charge in [-0.3, -0.25) is 9.59 Å².